The van der Waals surface area contributed by atoms with Gasteiger partial charge in [0.05, 0.1) is 17.8 Å². The Morgan fingerprint density at radius 2 is 1.55 bits per heavy atom. The van der Waals surface area contributed by atoms with E-state index in [1.165, 1.54) is 12.1 Å². The van der Waals surface area contributed by atoms with E-state index >= 15 is 0 Å². The van der Waals surface area contributed by atoms with Gasteiger partial charge in [0.1, 0.15) is 29.6 Å². The Hall–Kier alpha value is -4.01. The van der Waals surface area contributed by atoms with Crippen molar-refractivity contribution in [3.63, 3.8) is 0 Å². The summed E-state index contributed by atoms with van der Waals surface area (Å²) in [5.74, 6) is 0.564. The molecule has 1 aromatic heterocycles. The molecule has 1 heterocycles. The zero-order valence-electron chi connectivity index (χ0n) is 23.4. The lowest BCUT2D eigenvalue weighted by molar-refractivity contribution is 0.135. The van der Waals surface area contributed by atoms with Crippen LogP contribution in [0.2, 0.25) is 0 Å². The van der Waals surface area contributed by atoms with Gasteiger partial charge in [-0.1, -0.05) is 5.16 Å². The van der Waals surface area contributed by atoms with E-state index in [-0.39, 0.29) is 11.6 Å². The van der Waals surface area contributed by atoms with Crippen molar-refractivity contribution in [1.82, 2.24) is 14.8 Å². The van der Waals surface area contributed by atoms with E-state index in [0.29, 0.717) is 29.8 Å². The molecule has 0 aliphatic heterocycles. The van der Waals surface area contributed by atoms with Crippen LogP contribution in [0.1, 0.15) is 24.0 Å². The van der Waals surface area contributed by atoms with Crippen molar-refractivity contribution in [3.05, 3.63) is 77.6 Å². The van der Waals surface area contributed by atoms with Gasteiger partial charge in [0, 0.05) is 40.7 Å². The number of hydrogen-bond donors (Lipinski definition) is 1. The van der Waals surface area contributed by atoms with Crippen molar-refractivity contribution in [2.24, 2.45) is 5.16 Å². The van der Waals surface area contributed by atoms with Crippen LogP contribution >= 0.6 is 0 Å². The number of phenols is 1. The largest absolute Gasteiger partial charge is 0.508 e. The smallest absolute Gasteiger partial charge is 0.123 e. The lowest BCUT2D eigenvalue weighted by Gasteiger charge is -2.13. The van der Waals surface area contributed by atoms with Gasteiger partial charge in [0.15, 0.2) is 0 Å². The number of halogens is 1. The SMILES string of the molecule is CN(C)CCCO/N=C1\c2cc(OCCCN(C)C)ccc2-c2c(-c3ccc(O)cc3)nc3ccc(F)cc3c21. The van der Waals surface area contributed by atoms with E-state index in [1.54, 1.807) is 18.2 Å². The molecule has 3 aromatic carbocycles. The number of ether oxygens (including phenoxy) is 1. The fraction of sp³-hybridized carbons (Fsp3) is 0.312. The molecule has 0 amide bonds. The zero-order valence-corrected chi connectivity index (χ0v) is 23.4. The minimum atomic E-state index is -0.346. The third-order valence-electron chi connectivity index (χ3n) is 6.86. The van der Waals surface area contributed by atoms with Crippen LogP contribution in [0, 0.1) is 5.82 Å². The van der Waals surface area contributed by atoms with Gasteiger partial charge in [-0.15, -0.1) is 0 Å². The summed E-state index contributed by atoms with van der Waals surface area (Å²) >= 11 is 0. The van der Waals surface area contributed by atoms with Gasteiger partial charge in [-0.05, 0) is 107 Å². The first-order valence-electron chi connectivity index (χ1n) is 13.5. The average Bonchev–Trinajstić information content (AvgIpc) is 3.25. The van der Waals surface area contributed by atoms with Crippen LogP contribution in [0.15, 0.2) is 65.8 Å². The summed E-state index contributed by atoms with van der Waals surface area (Å²) < 4.78 is 20.7. The highest BCUT2D eigenvalue weighted by Crippen LogP contribution is 2.46. The van der Waals surface area contributed by atoms with Crippen molar-refractivity contribution in [2.45, 2.75) is 12.8 Å². The fourth-order valence-electron chi connectivity index (χ4n) is 4.95. The maximum atomic E-state index is 14.6. The molecule has 0 bridgehead atoms. The van der Waals surface area contributed by atoms with Gasteiger partial charge in [-0.25, -0.2) is 9.37 Å². The third-order valence-corrected chi connectivity index (χ3v) is 6.86. The van der Waals surface area contributed by atoms with E-state index in [4.69, 9.17) is 14.6 Å². The number of aromatic nitrogens is 1. The second kappa shape index (κ2) is 12.0. The predicted molar refractivity (Wildman–Crippen MR) is 158 cm³/mol. The molecule has 8 heteroatoms. The van der Waals surface area contributed by atoms with Crippen molar-refractivity contribution in [3.8, 4) is 33.9 Å². The molecule has 1 N–H and O–H groups in total. The van der Waals surface area contributed by atoms with E-state index in [1.807, 2.05) is 58.5 Å². The van der Waals surface area contributed by atoms with Crippen LogP contribution in [0.3, 0.4) is 0 Å². The predicted octanol–water partition coefficient (Wildman–Crippen LogP) is 5.78. The molecule has 7 nitrogen and oxygen atoms in total. The summed E-state index contributed by atoms with van der Waals surface area (Å²) in [6.45, 7) is 2.86. The number of oxime groups is 1. The van der Waals surface area contributed by atoms with Crippen LogP contribution in [0.25, 0.3) is 33.3 Å². The van der Waals surface area contributed by atoms with Gasteiger partial charge in [0.25, 0.3) is 0 Å². The first-order valence-corrected chi connectivity index (χ1v) is 13.5. The Morgan fingerprint density at radius 1 is 0.825 bits per heavy atom. The second-order valence-electron chi connectivity index (χ2n) is 10.6. The Morgan fingerprint density at radius 3 is 2.27 bits per heavy atom. The molecule has 5 rings (SSSR count). The van der Waals surface area contributed by atoms with Crippen LogP contribution in [-0.2, 0) is 4.84 Å². The highest BCUT2D eigenvalue weighted by Gasteiger charge is 2.32. The van der Waals surface area contributed by atoms with Crippen LogP contribution in [-0.4, -0.2) is 80.1 Å². The molecule has 0 spiro atoms. The van der Waals surface area contributed by atoms with E-state index in [9.17, 15) is 9.50 Å². The number of fused-ring (bicyclic) bond motifs is 5. The minimum Gasteiger partial charge on any atom is -0.508 e. The molecule has 1 aliphatic carbocycles. The zero-order chi connectivity index (χ0) is 28.2. The van der Waals surface area contributed by atoms with Gasteiger partial charge in [0.2, 0.25) is 0 Å². The van der Waals surface area contributed by atoms with Crippen LogP contribution in [0.5, 0.6) is 11.5 Å². The second-order valence-corrected chi connectivity index (χ2v) is 10.6. The number of rotatable bonds is 11. The molecular formula is C32H35FN4O3. The van der Waals surface area contributed by atoms with Crippen molar-refractivity contribution < 1.29 is 19.1 Å². The molecule has 208 valence electrons. The van der Waals surface area contributed by atoms with E-state index in [0.717, 1.165) is 65.2 Å². The van der Waals surface area contributed by atoms with Gasteiger partial charge < -0.3 is 24.5 Å². The highest BCUT2D eigenvalue weighted by atomic mass is 19.1. The molecular weight excluding hydrogens is 507 g/mol. The number of nitrogens with zero attached hydrogens (tertiary/aromatic N) is 4. The Kier molecular flexibility index (Phi) is 8.28. The summed E-state index contributed by atoms with van der Waals surface area (Å²) in [5, 5.41) is 15.2. The number of hydrogen-bond acceptors (Lipinski definition) is 7. The summed E-state index contributed by atoms with van der Waals surface area (Å²) in [6.07, 6.45) is 1.72. The van der Waals surface area contributed by atoms with Gasteiger partial charge in [-0.2, -0.15) is 0 Å². The van der Waals surface area contributed by atoms with Gasteiger partial charge in [-0.3, -0.25) is 0 Å². The molecule has 0 radical (unpaired) electrons. The first-order chi connectivity index (χ1) is 19.3. The summed E-state index contributed by atoms with van der Waals surface area (Å²) in [6, 6.07) is 17.5. The van der Waals surface area contributed by atoms with Crippen LogP contribution in [0.4, 0.5) is 4.39 Å². The maximum absolute atomic E-state index is 14.6. The molecule has 1 aliphatic rings. The molecule has 0 saturated carbocycles. The quantitative estimate of drug-likeness (QED) is 0.169. The molecule has 40 heavy (non-hydrogen) atoms. The van der Waals surface area contributed by atoms with Crippen molar-refractivity contribution in [1.29, 1.82) is 0 Å². The van der Waals surface area contributed by atoms with Crippen LogP contribution < -0.4 is 4.74 Å². The lowest BCUT2D eigenvalue weighted by Crippen LogP contribution is -2.15. The lowest BCUT2D eigenvalue weighted by atomic mass is 9.96. The minimum absolute atomic E-state index is 0.174. The van der Waals surface area contributed by atoms with Crippen molar-refractivity contribution >= 4 is 16.6 Å². The Labute approximate surface area is 234 Å². The van der Waals surface area contributed by atoms with E-state index < -0.39 is 0 Å². The molecule has 0 unspecified atom stereocenters. The Bertz CT molecular complexity index is 1530. The summed E-state index contributed by atoms with van der Waals surface area (Å²) in [5.41, 5.74) is 6.26. The number of pyridine rings is 1. The molecule has 0 fully saturated rings. The number of aromatic hydroxyl groups is 1. The number of phenolic OH excluding ortho intramolecular Hbond substituents is 1. The van der Waals surface area contributed by atoms with Gasteiger partial charge >= 0.3 is 0 Å². The summed E-state index contributed by atoms with van der Waals surface area (Å²) in [4.78, 5) is 15.0. The fourth-order valence-corrected chi connectivity index (χ4v) is 4.95. The first kappa shape index (κ1) is 27.6. The third kappa shape index (κ3) is 5.93. The average molecular weight is 543 g/mol. The topological polar surface area (TPSA) is 70.4 Å². The monoisotopic (exact) mass is 542 g/mol. The molecule has 0 saturated heterocycles. The highest BCUT2D eigenvalue weighted by molar-refractivity contribution is 6.31. The Balaban J connectivity index is 1.64. The maximum Gasteiger partial charge on any atom is 0.123 e. The standard InChI is InChI=1S/C32H35FN4O3/c1-36(2)15-5-17-39-24-12-13-25-26(20-24)32(35-40-18-6-16-37(3)4)30-27-19-22(33)9-14-28(27)34-31(29(25)30)21-7-10-23(38)11-8-21/h7-14,19-20,38H,5-6,15-18H2,1-4H3/b35-32+. The normalized spacial score (nSPS) is 13.3. The van der Waals surface area contributed by atoms with Crippen molar-refractivity contribution in [2.75, 3.05) is 54.5 Å². The summed E-state index contributed by atoms with van der Waals surface area (Å²) in [7, 11) is 8.13. The van der Waals surface area contributed by atoms with E-state index in [2.05, 4.69) is 15.0 Å². The molecule has 0 atom stereocenters. The molecule has 4 aromatic rings. The number of benzene rings is 3.